The molecule has 0 spiro atoms. The van der Waals surface area contributed by atoms with Crippen LogP contribution in [0.4, 0.5) is 0 Å². The average molecular weight is 336 g/mol. The molecule has 2 aromatic rings. The molecule has 6 heteroatoms. The zero-order valence-electron chi connectivity index (χ0n) is 12.9. The highest BCUT2D eigenvalue weighted by Crippen LogP contribution is 2.32. The molecule has 0 saturated heterocycles. The number of sulfonamides is 1. The van der Waals surface area contributed by atoms with Gasteiger partial charge in [-0.3, -0.25) is 0 Å². The van der Waals surface area contributed by atoms with Crippen molar-refractivity contribution in [3.8, 4) is 10.6 Å². The fraction of sp³-hybridized carbons (Fsp3) is 0.438. The maximum atomic E-state index is 12.2. The van der Waals surface area contributed by atoms with E-state index in [0.29, 0.717) is 25.9 Å². The van der Waals surface area contributed by atoms with Gasteiger partial charge in [0.1, 0.15) is 5.01 Å². The molecule has 0 saturated carbocycles. The smallest absolute Gasteiger partial charge is 0.214 e. The largest absolute Gasteiger partial charge is 0.241 e. The van der Waals surface area contributed by atoms with Crippen molar-refractivity contribution in [2.75, 3.05) is 12.3 Å². The molecule has 1 aliphatic rings. The SMILES string of the molecule is CCCS(=O)(=O)N1CCc2nc(-c3ccc(C)cc3)sc2C1. The van der Waals surface area contributed by atoms with Crippen LogP contribution in [-0.2, 0) is 23.0 Å². The number of thiazole rings is 1. The van der Waals surface area contributed by atoms with Crippen molar-refractivity contribution in [2.45, 2.75) is 33.2 Å². The summed E-state index contributed by atoms with van der Waals surface area (Å²) in [4.78, 5) is 5.79. The topological polar surface area (TPSA) is 50.3 Å². The van der Waals surface area contributed by atoms with E-state index < -0.39 is 10.0 Å². The summed E-state index contributed by atoms with van der Waals surface area (Å²) >= 11 is 1.62. The molecule has 4 nitrogen and oxygen atoms in total. The molecular formula is C16H20N2O2S2. The molecule has 2 heterocycles. The second-order valence-corrected chi connectivity index (χ2v) is 8.83. The van der Waals surface area contributed by atoms with Gasteiger partial charge in [-0.05, 0) is 13.3 Å². The molecule has 0 atom stereocenters. The Bertz CT molecular complexity index is 764. The van der Waals surface area contributed by atoms with Gasteiger partial charge in [-0.15, -0.1) is 11.3 Å². The molecule has 1 aromatic heterocycles. The van der Waals surface area contributed by atoms with Gasteiger partial charge in [0, 0.05) is 30.0 Å². The van der Waals surface area contributed by atoms with Crippen molar-refractivity contribution in [3.05, 3.63) is 40.4 Å². The van der Waals surface area contributed by atoms with Gasteiger partial charge in [0.15, 0.2) is 0 Å². The second kappa shape index (κ2) is 6.10. The van der Waals surface area contributed by atoms with Crippen molar-refractivity contribution in [3.63, 3.8) is 0 Å². The third-order valence-corrected chi connectivity index (χ3v) is 7.00. The minimum Gasteiger partial charge on any atom is -0.241 e. The maximum Gasteiger partial charge on any atom is 0.214 e. The molecule has 1 aliphatic heterocycles. The standard InChI is InChI=1S/C16H20N2O2S2/c1-3-10-22(19,20)18-9-8-14-15(11-18)21-16(17-14)13-6-4-12(2)5-7-13/h4-7H,3,8-11H2,1-2H3. The first kappa shape index (κ1) is 15.6. The molecule has 0 aliphatic carbocycles. The van der Waals surface area contributed by atoms with Crippen LogP contribution in [0, 0.1) is 6.92 Å². The Morgan fingerprint density at radius 1 is 1.27 bits per heavy atom. The summed E-state index contributed by atoms with van der Waals surface area (Å²) in [5.41, 5.74) is 3.39. The zero-order valence-corrected chi connectivity index (χ0v) is 14.5. The van der Waals surface area contributed by atoms with Gasteiger partial charge in [0.05, 0.1) is 11.4 Å². The van der Waals surface area contributed by atoms with Crippen LogP contribution in [0.2, 0.25) is 0 Å². The van der Waals surface area contributed by atoms with Crippen molar-refractivity contribution in [1.29, 1.82) is 0 Å². The van der Waals surface area contributed by atoms with Crippen LogP contribution in [0.5, 0.6) is 0 Å². The van der Waals surface area contributed by atoms with Gasteiger partial charge in [0.2, 0.25) is 10.0 Å². The number of hydrogen-bond acceptors (Lipinski definition) is 4. The van der Waals surface area contributed by atoms with Crippen molar-refractivity contribution < 1.29 is 8.42 Å². The summed E-state index contributed by atoms with van der Waals surface area (Å²) in [6, 6.07) is 8.30. The van der Waals surface area contributed by atoms with E-state index >= 15 is 0 Å². The Morgan fingerprint density at radius 3 is 2.68 bits per heavy atom. The van der Waals surface area contributed by atoms with Crippen LogP contribution in [0.1, 0.15) is 29.5 Å². The lowest BCUT2D eigenvalue weighted by Gasteiger charge is -2.25. The molecule has 1 aromatic carbocycles. The summed E-state index contributed by atoms with van der Waals surface area (Å²) in [5.74, 6) is 0.228. The summed E-state index contributed by atoms with van der Waals surface area (Å²) in [7, 11) is -3.12. The molecule has 0 fully saturated rings. The van der Waals surface area contributed by atoms with Gasteiger partial charge in [-0.25, -0.2) is 13.4 Å². The third-order valence-electron chi connectivity index (χ3n) is 3.85. The number of benzene rings is 1. The van der Waals surface area contributed by atoms with E-state index in [4.69, 9.17) is 4.98 Å². The Kier molecular flexibility index (Phi) is 4.34. The Balaban J connectivity index is 1.85. The summed E-state index contributed by atoms with van der Waals surface area (Å²) in [5, 5.41) is 0.986. The number of hydrogen-bond donors (Lipinski definition) is 0. The van der Waals surface area contributed by atoms with Crippen molar-refractivity contribution >= 4 is 21.4 Å². The van der Waals surface area contributed by atoms with Crippen LogP contribution in [0.3, 0.4) is 0 Å². The Morgan fingerprint density at radius 2 is 2.00 bits per heavy atom. The molecule has 0 N–H and O–H groups in total. The first-order valence-corrected chi connectivity index (χ1v) is 9.95. The predicted molar refractivity (Wildman–Crippen MR) is 90.5 cm³/mol. The fourth-order valence-electron chi connectivity index (χ4n) is 2.62. The molecular weight excluding hydrogens is 316 g/mol. The number of fused-ring (bicyclic) bond motifs is 1. The first-order chi connectivity index (χ1) is 10.5. The monoisotopic (exact) mass is 336 g/mol. The van der Waals surface area contributed by atoms with Crippen molar-refractivity contribution in [1.82, 2.24) is 9.29 Å². The van der Waals surface area contributed by atoms with E-state index in [9.17, 15) is 8.42 Å². The van der Waals surface area contributed by atoms with Crippen LogP contribution in [-0.4, -0.2) is 30.0 Å². The molecule has 22 heavy (non-hydrogen) atoms. The van der Waals surface area contributed by atoms with Gasteiger partial charge >= 0.3 is 0 Å². The van der Waals surface area contributed by atoms with E-state index in [-0.39, 0.29) is 5.75 Å². The Hall–Kier alpha value is -1.24. The summed E-state index contributed by atoms with van der Waals surface area (Å²) in [6.45, 7) is 4.98. The first-order valence-electron chi connectivity index (χ1n) is 7.53. The lowest BCUT2D eigenvalue weighted by molar-refractivity contribution is 0.392. The van der Waals surface area contributed by atoms with Crippen LogP contribution in [0.15, 0.2) is 24.3 Å². The van der Waals surface area contributed by atoms with E-state index in [1.165, 1.54) is 5.56 Å². The number of nitrogens with zero attached hydrogens (tertiary/aromatic N) is 2. The van der Waals surface area contributed by atoms with Gasteiger partial charge < -0.3 is 0 Å². The van der Waals surface area contributed by atoms with Crippen LogP contribution >= 0.6 is 11.3 Å². The number of aryl methyl sites for hydroxylation is 1. The van der Waals surface area contributed by atoms with E-state index in [1.54, 1.807) is 15.6 Å². The third kappa shape index (κ3) is 3.09. The van der Waals surface area contributed by atoms with E-state index in [1.807, 2.05) is 6.92 Å². The highest BCUT2D eigenvalue weighted by Gasteiger charge is 2.28. The van der Waals surface area contributed by atoms with Gasteiger partial charge in [-0.2, -0.15) is 4.31 Å². The molecule has 0 bridgehead atoms. The predicted octanol–water partition coefficient (Wildman–Crippen LogP) is 3.22. The summed E-state index contributed by atoms with van der Waals surface area (Å²) < 4.78 is 26.0. The van der Waals surface area contributed by atoms with Crippen LogP contribution < -0.4 is 0 Å². The van der Waals surface area contributed by atoms with E-state index in [0.717, 1.165) is 21.1 Å². The van der Waals surface area contributed by atoms with Gasteiger partial charge in [-0.1, -0.05) is 36.8 Å². The molecule has 0 radical (unpaired) electrons. The lowest BCUT2D eigenvalue weighted by Crippen LogP contribution is -2.36. The van der Waals surface area contributed by atoms with Crippen LogP contribution in [0.25, 0.3) is 10.6 Å². The molecule has 3 rings (SSSR count). The molecule has 118 valence electrons. The average Bonchev–Trinajstić information content (AvgIpc) is 2.90. The van der Waals surface area contributed by atoms with Crippen molar-refractivity contribution in [2.24, 2.45) is 0 Å². The van der Waals surface area contributed by atoms with Gasteiger partial charge in [0.25, 0.3) is 0 Å². The minimum atomic E-state index is -3.12. The highest BCUT2D eigenvalue weighted by molar-refractivity contribution is 7.89. The Labute approximate surface area is 135 Å². The highest BCUT2D eigenvalue weighted by atomic mass is 32.2. The number of aromatic nitrogens is 1. The minimum absolute atomic E-state index is 0.228. The number of rotatable bonds is 4. The fourth-order valence-corrected chi connectivity index (χ4v) is 5.30. The quantitative estimate of drug-likeness (QED) is 0.861. The normalized spacial score (nSPS) is 15.7. The molecule has 0 unspecified atom stereocenters. The molecule has 0 amide bonds. The lowest BCUT2D eigenvalue weighted by atomic mass is 10.1. The summed E-state index contributed by atoms with van der Waals surface area (Å²) in [6.07, 6.45) is 1.36. The zero-order chi connectivity index (χ0) is 15.7. The second-order valence-electron chi connectivity index (χ2n) is 5.65. The van der Waals surface area contributed by atoms with E-state index in [2.05, 4.69) is 31.2 Å². The maximum absolute atomic E-state index is 12.2.